The molecule has 0 aromatic heterocycles. The van der Waals surface area contributed by atoms with Crippen LogP contribution in [-0.2, 0) is 16.0 Å². The monoisotopic (exact) mass is 505 g/mol. The van der Waals surface area contributed by atoms with E-state index >= 15 is 0 Å². The van der Waals surface area contributed by atoms with E-state index in [1.54, 1.807) is 7.05 Å². The topological polar surface area (TPSA) is 64.1 Å². The Kier molecular flexibility index (Phi) is 11.8. The molecule has 1 aromatic rings. The average Bonchev–Trinajstić information content (AvgIpc) is 3.14. The van der Waals surface area contributed by atoms with Crippen LogP contribution in [-0.4, -0.2) is 51.6 Å². The summed E-state index contributed by atoms with van der Waals surface area (Å²) >= 11 is 0. The van der Waals surface area contributed by atoms with Gasteiger partial charge in [-0.3, -0.25) is 4.99 Å². The Morgan fingerprint density at radius 3 is 2.71 bits per heavy atom. The highest BCUT2D eigenvalue weighted by Crippen LogP contribution is 2.22. The molecule has 1 fully saturated rings. The highest BCUT2D eigenvalue weighted by atomic mass is 127. The summed E-state index contributed by atoms with van der Waals surface area (Å²) in [5, 5.41) is 6.68. The van der Waals surface area contributed by atoms with E-state index in [0.29, 0.717) is 12.5 Å². The van der Waals surface area contributed by atoms with Crippen molar-refractivity contribution in [2.75, 3.05) is 40.0 Å². The third-order valence-corrected chi connectivity index (χ3v) is 4.19. The predicted octanol–water partition coefficient (Wildman–Crippen LogP) is 3.59. The normalized spacial score (nSPS) is 17.1. The highest BCUT2D eigenvalue weighted by molar-refractivity contribution is 14.0. The van der Waals surface area contributed by atoms with Gasteiger partial charge in [-0.2, -0.15) is 0 Å². The molecule has 0 spiro atoms. The Morgan fingerprint density at radius 2 is 2.04 bits per heavy atom. The zero-order chi connectivity index (χ0) is 19.5. The minimum atomic E-state index is -0.222. The molecule has 0 amide bonds. The molecule has 1 aliphatic heterocycles. The molecule has 1 saturated heterocycles. The molecule has 2 rings (SSSR count). The van der Waals surface area contributed by atoms with E-state index in [1.165, 1.54) is 0 Å². The first-order chi connectivity index (χ1) is 13.0. The molecule has 1 heterocycles. The number of hydrogen-bond acceptors (Lipinski definition) is 4. The van der Waals surface area contributed by atoms with Crippen LogP contribution < -0.4 is 15.4 Å². The lowest BCUT2D eigenvalue weighted by Crippen LogP contribution is -2.37. The van der Waals surface area contributed by atoms with E-state index in [9.17, 15) is 0 Å². The molecule has 6 nitrogen and oxygen atoms in total. The molecular formula is C21H36IN3O3. The van der Waals surface area contributed by atoms with Crippen molar-refractivity contribution in [1.29, 1.82) is 0 Å². The Morgan fingerprint density at radius 1 is 1.25 bits per heavy atom. The van der Waals surface area contributed by atoms with Gasteiger partial charge in [0, 0.05) is 44.8 Å². The molecule has 0 saturated carbocycles. The van der Waals surface area contributed by atoms with E-state index in [2.05, 4.69) is 42.5 Å². The van der Waals surface area contributed by atoms with Crippen molar-refractivity contribution in [3.63, 3.8) is 0 Å². The Labute approximate surface area is 186 Å². The molecule has 1 unspecified atom stereocenters. The van der Waals surface area contributed by atoms with Crippen LogP contribution in [0.3, 0.4) is 0 Å². The van der Waals surface area contributed by atoms with Gasteiger partial charge in [-0.15, -0.1) is 24.0 Å². The summed E-state index contributed by atoms with van der Waals surface area (Å²) in [6, 6.07) is 8.10. The number of nitrogens with one attached hydrogen (secondary N) is 2. The number of rotatable bonds is 9. The molecule has 1 aromatic carbocycles. The van der Waals surface area contributed by atoms with E-state index in [0.717, 1.165) is 63.1 Å². The second-order valence-corrected chi connectivity index (χ2v) is 7.83. The predicted molar refractivity (Wildman–Crippen MR) is 125 cm³/mol. The molecule has 0 radical (unpaired) electrons. The van der Waals surface area contributed by atoms with E-state index in [-0.39, 0.29) is 29.6 Å². The van der Waals surface area contributed by atoms with Crippen molar-refractivity contribution in [3.8, 4) is 5.75 Å². The molecule has 7 heteroatoms. The number of nitrogens with zero attached hydrogens (tertiary/aromatic N) is 1. The molecule has 0 bridgehead atoms. The number of halogens is 1. The van der Waals surface area contributed by atoms with Crippen LogP contribution in [0.15, 0.2) is 29.3 Å². The lowest BCUT2D eigenvalue weighted by molar-refractivity contribution is 0.0888. The standard InChI is InChI=1S/C21H35N3O3.HI/c1-21(2,3)27-19-9-6-5-8-18(19)14-24-20(22-4)23-11-7-12-25-15-17-10-13-26-16-17;/h5-6,8-9,17H,7,10-16H2,1-4H3,(H2,22,23,24);1H. The number of ether oxygens (including phenoxy) is 3. The van der Waals surface area contributed by atoms with Crippen molar-refractivity contribution >= 4 is 29.9 Å². The third kappa shape index (κ3) is 9.93. The maximum Gasteiger partial charge on any atom is 0.191 e. The smallest absolute Gasteiger partial charge is 0.191 e. The van der Waals surface area contributed by atoms with Gasteiger partial charge in [0.25, 0.3) is 0 Å². The van der Waals surface area contributed by atoms with E-state index in [1.807, 2.05) is 18.2 Å². The van der Waals surface area contributed by atoms with Crippen molar-refractivity contribution < 1.29 is 14.2 Å². The minimum absolute atomic E-state index is 0. The molecule has 2 N–H and O–H groups in total. The van der Waals surface area contributed by atoms with E-state index in [4.69, 9.17) is 14.2 Å². The largest absolute Gasteiger partial charge is 0.488 e. The van der Waals surface area contributed by atoms with Gasteiger partial charge in [0.1, 0.15) is 11.4 Å². The van der Waals surface area contributed by atoms with Gasteiger partial charge in [-0.1, -0.05) is 18.2 Å². The van der Waals surface area contributed by atoms with Crippen LogP contribution in [0.5, 0.6) is 5.75 Å². The Hall–Kier alpha value is -1.06. The summed E-state index contributed by atoms with van der Waals surface area (Å²) in [4.78, 5) is 4.28. The fourth-order valence-electron chi connectivity index (χ4n) is 2.82. The fourth-order valence-corrected chi connectivity index (χ4v) is 2.82. The van der Waals surface area contributed by atoms with Crippen LogP contribution in [0.4, 0.5) is 0 Å². The summed E-state index contributed by atoms with van der Waals surface area (Å²) < 4.78 is 17.1. The van der Waals surface area contributed by atoms with Crippen LogP contribution in [0.25, 0.3) is 0 Å². The Balaban J connectivity index is 0.00000392. The van der Waals surface area contributed by atoms with E-state index < -0.39 is 0 Å². The molecule has 28 heavy (non-hydrogen) atoms. The average molecular weight is 505 g/mol. The van der Waals surface area contributed by atoms with Crippen LogP contribution in [0.2, 0.25) is 0 Å². The zero-order valence-electron chi connectivity index (χ0n) is 17.6. The van der Waals surface area contributed by atoms with Crippen molar-refractivity contribution in [2.24, 2.45) is 10.9 Å². The quantitative estimate of drug-likeness (QED) is 0.233. The second kappa shape index (κ2) is 13.2. The number of guanidine groups is 1. The van der Waals surface area contributed by atoms with Gasteiger partial charge in [-0.05, 0) is 39.7 Å². The van der Waals surface area contributed by atoms with Gasteiger partial charge in [0.15, 0.2) is 5.96 Å². The molecule has 1 aliphatic rings. The fraction of sp³-hybridized carbons (Fsp3) is 0.667. The first-order valence-corrected chi connectivity index (χ1v) is 9.85. The van der Waals surface area contributed by atoms with Gasteiger partial charge in [0.05, 0.1) is 13.2 Å². The van der Waals surface area contributed by atoms with Gasteiger partial charge in [0.2, 0.25) is 0 Å². The summed E-state index contributed by atoms with van der Waals surface area (Å²) in [5.74, 6) is 2.25. The van der Waals surface area contributed by atoms with Crippen molar-refractivity contribution in [3.05, 3.63) is 29.8 Å². The first-order valence-electron chi connectivity index (χ1n) is 9.85. The summed E-state index contributed by atoms with van der Waals surface area (Å²) in [5.41, 5.74) is 0.887. The minimum Gasteiger partial charge on any atom is -0.488 e. The van der Waals surface area contributed by atoms with Gasteiger partial charge < -0.3 is 24.8 Å². The number of aliphatic imine (C=N–C) groups is 1. The Bertz CT molecular complexity index is 585. The van der Waals surface area contributed by atoms with Crippen LogP contribution in [0.1, 0.15) is 39.2 Å². The lowest BCUT2D eigenvalue weighted by Gasteiger charge is -2.23. The summed E-state index contributed by atoms with van der Waals surface area (Å²) in [7, 11) is 1.78. The van der Waals surface area contributed by atoms with Gasteiger partial charge in [-0.25, -0.2) is 0 Å². The lowest BCUT2D eigenvalue weighted by atomic mass is 10.1. The zero-order valence-corrected chi connectivity index (χ0v) is 20.0. The summed E-state index contributed by atoms with van der Waals surface area (Å²) in [6.45, 7) is 10.9. The van der Waals surface area contributed by atoms with Crippen molar-refractivity contribution in [1.82, 2.24) is 10.6 Å². The molecule has 0 aliphatic carbocycles. The molecular weight excluding hydrogens is 469 g/mol. The maximum absolute atomic E-state index is 6.04. The molecule has 1 atom stereocenters. The first kappa shape index (κ1) is 25.0. The maximum atomic E-state index is 6.04. The highest BCUT2D eigenvalue weighted by Gasteiger charge is 2.15. The van der Waals surface area contributed by atoms with Crippen molar-refractivity contribution in [2.45, 2.75) is 45.8 Å². The molecule has 160 valence electrons. The summed E-state index contributed by atoms with van der Waals surface area (Å²) in [6.07, 6.45) is 2.06. The van der Waals surface area contributed by atoms with Crippen LogP contribution in [0, 0.1) is 5.92 Å². The number of para-hydroxylation sites is 1. The number of hydrogen-bond donors (Lipinski definition) is 2. The SMILES string of the molecule is CN=C(NCCCOCC1CCOC1)NCc1ccccc1OC(C)(C)C.I. The second-order valence-electron chi connectivity index (χ2n) is 7.83. The number of benzene rings is 1. The van der Waals surface area contributed by atoms with Crippen LogP contribution >= 0.6 is 24.0 Å². The van der Waals surface area contributed by atoms with Gasteiger partial charge >= 0.3 is 0 Å². The third-order valence-electron chi connectivity index (χ3n) is 4.19.